The Balaban J connectivity index is 1.97. The van der Waals surface area contributed by atoms with Crippen molar-refractivity contribution in [1.82, 2.24) is 10.2 Å². The fourth-order valence-corrected chi connectivity index (χ4v) is 3.27. The molecule has 19 heavy (non-hydrogen) atoms. The van der Waals surface area contributed by atoms with Crippen molar-refractivity contribution in [2.24, 2.45) is 5.92 Å². The molecule has 1 heterocycles. The summed E-state index contributed by atoms with van der Waals surface area (Å²) >= 11 is 2.37. The summed E-state index contributed by atoms with van der Waals surface area (Å²) < 4.78 is 1.31. The minimum atomic E-state index is 0.525. The molecule has 1 atom stereocenters. The Hall–Kier alpha value is -0.130. The summed E-state index contributed by atoms with van der Waals surface area (Å²) in [5, 5.41) is 3.45. The largest absolute Gasteiger partial charge is 0.317 e. The Morgan fingerprint density at radius 2 is 1.89 bits per heavy atom. The SMILES string of the molecule is CCN(CC1CCNCC1)C(C)c1ccc(I)cc1. The highest BCUT2D eigenvalue weighted by molar-refractivity contribution is 14.1. The van der Waals surface area contributed by atoms with Crippen LogP contribution in [0.4, 0.5) is 0 Å². The Bertz CT molecular complexity index is 371. The lowest BCUT2D eigenvalue weighted by molar-refractivity contribution is 0.169. The van der Waals surface area contributed by atoms with Crippen molar-refractivity contribution in [2.75, 3.05) is 26.2 Å². The summed E-state index contributed by atoms with van der Waals surface area (Å²) in [5.74, 6) is 0.868. The van der Waals surface area contributed by atoms with Gasteiger partial charge in [0.25, 0.3) is 0 Å². The van der Waals surface area contributed by atoms with Crippen LogP contribution in [0.25, 0.3) is 0 Å². The first-order chi connectivity index (χ1) is 9.20. The molecule has 1 aromatic carbocycles. The molecule has 0 saturated carbocycles. The van der Waals surface area contributed by atoms with E-state index in [1.54, 1.807) is 0 Å². The fourth-order valence-electron chi connectivity index (χ4n) is 2.91. The van der Waals surface area contributed by atoms with Gasteiger partial charge in [-0.3, -0.25) is 4.90 Å². The molecule has 0 amide bonds. The molecule has 1 N–H and O–H groups in total. The molecule has 1 unspecified atom stereocenters. The van der Waals surface area contributed by atoms with Gasteiger partial charge in [0.15, 0.2) is 0 Å². The van der Waals surface area contributed by atoms with Crippen LogP contribution in [0.15, 0.2) is 24.3 Å². The van der Waals surface area contributed by atoms with Crippen molar-refractivity contribution in [3.05, 3.63) is 33.4 Å². The van der Waals surface area contributed by atoms with Crippen molar-refractivity contribution in [1.29, 1.82) is 0 Å². The van der Waals surface area contributed by atoms with Crippen molar-refractivity contribution in [2.45, 2.75) is 32.7 Å². The third-order valence-electron chi connectivity index (χ3n) is 4.26. The average Bonchev–Trinajstić information content (AvgIpc) is 2.46. The Kier molecular flexibility index (Phi) is 6.10. The van der Waals surface area contributed by atoms with Crippen LogP contribution in [-0.2, 0) is 0 Å². The lowest BCUT2D eigenvalue weighted by Crippen LogP contribution is -2.37. The number of piperidine rings is 1. The molecule has 0 aliphatic carbocycles. The summed E-state index contributed by atoms with van der Waals surface area (Å²) in [6.07, 6.45) is 2.66. The topological polar surface area (TPSA) is 15.3 Å². The first-order valence-electron chi connectivity index (χ1n) is 7.41. The van der Waals surface area contributed by atoms with Gasteiger partial charge in [-0.2, -0.15) is 0 Å². The van der Waals surface area contributed by atoms with E-state index in [-0.39, 0.29) is 0 Å². The van der Waals surface area contributed by atoms with E-state index in [2.05, 4.69) is 70.9 Å². The standard InChI is InChI=1S/C16H25IN2/c1-3-19(12-14-8-10-18-11-9-14)13(2)15-4-6-16(17)7-5-15/h4-7,13-14,18H,3,8-12H2,1-2H3. The number of benzene rings is 1. The minimum absolute atomic E-state index is 0.525. The number of hydrogen-bond acceptors (Lipinski definition) is 2. The fraction of sp³-hybridized carbons (Fsp3) is 0.625. The van der Waals surface area contributed by atoms with Crippen molar-refractivity contribution in [3.63, 3.8) is 0 Å². The van der Waals surface area contributed by atoms with E-state index in [9.17, 15) is 0 Å². The zero-order chi connectivity index (χ0) is 13.7. The van der Waals surface area contributed by atoms with E-state index in [1.807, 2.05) is 0 Å². The third-order valence-corrected chi connectivity index (χ3v) is 4.98. The molecule has 1 saturated heterocycles. The molecule has 0 bridgehead atoms. The van der Waals surface area contributed by atoms with Gasteiger partial charge in [0.2, 0.25) is 0 Å². The van der Waals surface area contributed by atoms with Crippen molar-refractivity contribution in [3.8, 4) is 0 Å². The molecule has 1 aliphatic heterocycles. The van der Waals surface area contributed by atoms with Gasteiger partial charge >= 0.3 is 0 Å². The molecule has 2 nitrogen and oxygen atoms in total. The molecule has 3 heteroatoms. The zero-order valence-electron chi connectivity index (χ0n) is 12.0. The molecule has 0 radical (unpaired) electrons. The molecule has 0 aromatic heterocycles. The second-order valence-corrected chi connectivity index (χ2v) is 6.75. The second kappa shape index (κ2) is 7.60. The minimum Gasteiger partial charge on any atom is -0.317 e. The summed E-state index contributed by atoms with van der Waals surface area (Å²) in [6, 6.07) is 9.50. The van der Waals surface area contributed by atoms with Crippen molar-refractivity contribution < 1.29 is 0 Å². The van der Waals surface area contributed by atoms with Gasteiger partial charge < -0.3 is 5.32 Å². The van der Waals surface area contributed by atoms with Crippen LogP contribution in [0.5, 0.6) is 0 Å². The Morgan fingerprint density at radius 3 is 2.47 bits per heavy atom. The molecule has 106 valence electrons. The van der Waals surface area contributed by atoms with Gasteiger partial charge in [0.1, 0.15) is 0 Å². The summed E-state index contributed by atoms with van der Waals surface area (Å²) in [7, 11) is 0. The van der Waals surface area contributed by atoms with Gasteiger partial charge in [-0.15, -0.1) is 0 Å². The quantitative estimate of drug-likeness (QED) is 0.794. The molecule has 1 aromatic rings. The number of nitrogens with one attached hydrogen (secondary N) is 1. The number of hydrogen-bond donors (Lipinski definition) is 1. The number of rotatable bonds is 5. The summed E-state index contributed by atoms with van der Waals surface area (Å²) in [5.41, 5.74) is 1.44. The monoisotopic (exact) mass is 372 g/mol. The highest BCUT2D eigenvalue weighted by Gasteiger charge is 2.20. The maximum atomic E-state index is 3.45. The second-order valence-electron chi connectivity index (χ2n) is 5.51. The van der Waals surface area contributed by atoms with Crippen LogP contribution in [0.1, 0.15) is 38.3 Å². The lowest BCUT2D eigenvalue weighted by Gasteiger charge is -2.33. The normalized spacial score (nSPS) is 18.7. The van der Waals surface area contributed by atoms with Crippen LogP contribution in [0.3, 0.4) is 0 Å². The van der Waals surface area contributed by atoms with Gasteiger partial charge in [0.05, 0.1) is 0 Å². The van der Waals surface area contributed by atoms with Gasteiger partial charge in [-0.1, -0.05) is 19.1 Å². The molecule has 0 spiro atoms. The smallest absolute Gasteiger partial charge is 0.0319 e. The summed E-state index contributed by atoms with van der Waals surface area (Å²) in [4.78, 5) is 2.62. The van der Waals surface area contributed by atoms with E-state index >= 15 is 0 Å². The Labute approximate surface area is 131 Å². The molecule has 1 fully saturated rings. The average molecular weight is 372 g/mol. The van der Waals surface area contributed by atoms with Crippen LogP contribution in [0.2, 0.25) is 0 Å². The van der Waals surface area contributed by atoms with Crippen LogP contribution in [0, 0.1) is 9.49 Å². The van der Waals surface area contributed by atoms with E-state index in [4.69, 9.17) is 0 Å². The van der Waals surface area contributed by atoms with E-state index < -0.39 is 0 Å². The number of nitrogens with zero attached hydrogens (tertiary/aromatic N) is 1. The lowest BCUT2D eigenvalue weighted by atomic mass is 9.96. The first kappa shape index (κ1) is 15.3. The van der Waals surface area contributed by atoms with Crippen LogP contribution in [-0.4, -0.2) is 31.1 Å². The molecule has 1 aliphatic rings. The van der Waals surface area contributed by atoms with Crippen LogP contribution >= 0.6 is 22.6 Å². The van der Waals surface area contributed by atoms with E-state index in [0.29, 0.717) is 6.04 Å². The molecular formula is C16H25IN2. The predicted molar refractivity (Wildman–Crippen MR) is 90.4 cm³/mol. The first-order valence-corrected chi connectivity index (χ1v) is 8.48. The predicted octanol–water partition coefficient (Wildman–Crippen LogP) is 3.67. The Morgan fingerprint density at radius 1 is 1.26 bits per heavy atom. The maximum absolute atomic E-state index is 3.45. The van der Waals surface area contributed by atoms with Crippen molar-refractivity contribution >= 4 is 22.6 Å². The van der Waals surface area contributed by atoms with E-state index in [0.717, 1.165) is 12.5 Å². The summed E-state index contributed by atoms with van der Waals surface area (Å²) in [6.45, 7) is 9.39. The number of halogens is 1. The van der Waals surface area contributed by atoms with Gasteiger partial charge in [-0.05, 0) is 85.6 Å². The third kappa shape index (κ3) is 4.43. The van der Waals surface area contributed by atoms with E-state index in [1.165, 1.54) is 41.6 Å². The van der Waals surface area contributed by atoms with Gasteiger partial charge in [-0.25, -0.2) is 0 Å². The van der Waals surface area contributed by atoms with Crippen LogP contribution < -0.4 is 5.32 Å². The highest BCUT2D eigenvalue weighted by atomic mass is 127. The zero-order valence-corrected chi connectivity index (χ0v) is 14.2. The molecule has 2 rings (SSSR count). The molecular weight excluding hydrogens is 347 g/mol. The van der Waals surface area contributed by atoms with Gasteiger partial charge in [0, 0.05) is 16.2 Å². The highest BCUT2D eigenvalue weighted by Crippen LogP contribution is 2.24. The maximum Gasteiger partial charge on any atom is 0.0319 e.